The summed E-state index contributed by atoms with van der Waals surface area (Å²) in [6, 6.07) is 0. The molecule has 0 atom stereocenters. The normalized spacial score (nSPS) is 13.2. The van der Waals surface area contributed by atoms with Gasteiger partial charge in [-0.2, -0.15) is 0 Å². The molecule has 0 bridgehead atoms. The zero-order chi connectivity index (χ0) is 10.5. The molecule has 3 nitrogen and oxygen atoms in total. The van der Waals surface area contributed by atoms with Gasteiger partial charge in [0.2, 0.25) is 10.0 Å². The van der Waals surface area contributed by atoms with Gasteiger partial charge in [-0.05, 0) is 18.8 Å². The number of sulfonamides is 1. The Morgan fingerprint density at radius 1 is 1.38 bits per heavy atom. The molecular weight excluding hydrogens is 254 g/mol. The molecule has 13 heavy (non-hydrogen) atoms. The fourth-order valence-electron chi connectivity index (χ4n) is 0.752. The first kappa shape index (κ1) is 13.4. The maximum absolute atomic E-state index is 11.1. The summed E-state index contributed by atoms with van der Waals surface area (Å²) in [6.07, 6.45) is 0.958. The van der Waals surface area contributed by atoms with Gasteiger partial charge in [-0.15, -0.1) is 0 Å². The minimum atomic E-state index is -3.04. The van der Waals surface area contributed by atoms with Crippen LogP contribution < -0.4 is 4.72 Å². The van der Waals surface area contributed by atoms with Crippen LogP contribution in [0.25, 0.3) is 0 Å². The van der Waals surface area contributed by atoms with E-state index >= 15 is 0 Å². The van der Waals surface area contributed by atoms with Gasteiger partial charge in [0, 0.05) is 11.9 Å². The standard InChI is InChI=1S/C8H18BrNO2S/c1-4-13(11,12)10-7-8(2,3)5-6-9/h10H,4-7H2,1-3H3. The van der Waals surface area contributed by atoms with Crippen molar-refractivity contribution in [2.75, 3.05) is 17.6 Å². The van der Waals surface area contributed by atoms with E-state index < -0.39 is 10.0 Å². The maximum atomic E-state index is 11.1. The van der Waals surface area contributed by atoms with Gasteiger partial charge < -0.3 is 0 Å². The predicted molar refractivity (Wildman–Crippen MR) is 59.7 cm³/mol. The molecule has 0 aliphatic heterocycles. The second kappa shape index (κ2) is 5.32. The van der Waals surface area contributed by atoms with Crippen LogP contribution in [0.4, 0.5) is 0 Å². The molecule has 0 amide bonds. The molecule has 0 aromatic carbocycles. The van der Waals surface area contributed by atoms with E-state index in [1.54, 1.807) is 6.92 Å². The average molecular weight is 272 g/mol. The third-order valence-electron chi connectivity index (χ3n) is 1.92. The lowest BCUT2D eigenvalue weighted by Crippen LogP contribution is -2.35. The SMILES string of the molecule is CCS(=O)(=O)NCC(C)(C)CCBr. The molecule has 0 unspecified atom stereocenters. The summed E-state index contributed by atoms with van der Waals surface area (Å²) in [5.41, 5.74) is 0.0196. The van der Waals surface area contributed by atoms with Crippen LogP contribution in [0.1, 0.15) is 27.2 Å². The molecular formula is C8H18BrNO2S. The van der Waals surface area contributed by atoms with E-state index in [1.165, 1.54) is 0 Å². The van der Waals surface area contributed by atoms with Gasteiger partial charge in [0.1, 0.15) is 0 Å². The topological polar surface area (TPSA) is 46.2 Å². The number of halogens is 1. The highest BCUT2D eigenvalue weighted by Crippen LogP contribution is 2.20. The smallest absolute Gasteiger partial charge is 0.211 e. The molecule has 0 spiro atoms. The lowest BCUT2D eigenvalue weighted by Gasteiger charge is -2.23. The Balaban J connectivity index is 4.01. The molecule has 0 heterocycles. The Morgan fingerprint density at radius 2 is 1.92 bits per heavy atom. The minimum Gasteiger partial charge on any atom is -0.215 e. The van der Waals surface area contributed by atoms with E-state index in [0.29, 0.717) is 6.54 Å². The van der Waals surface area contributed by atoms with Crippen molar-refractivity contribution in [3.8, 4) is 0 Å². The van der Waals surface area contributed by atoms with Crippen molar-refractivity contribution < 1.29 is 8.42 Å². The van der Waals surface area contributed by atoms with Gasteiger partial charge >= 0.3 is 0 Å². The van der Waals surface area contributed by atoms with E-state index in [1.807, 2.05) is 13.8 Å². The average Bonchev–Trinajstić information content (AvgIpc) is 2.02. The zero-order valence-corrected chi connectivity index (χ0v) is 10.8. The van der Waals surface area contributed by atoms with Crippen molar-refractivity contribution >= 4 is 26.0 Å². The van der Waals surface area contributed by atoms with Gasteiger partial charge in [-0.1, -0.05) is 29.8 Å². The molecule has 0 radical (unpaired) electrons. The van der Waals surface area contributed by atoms with Crippen LogP contribution in [0.5, 0.6) is 0 Å². The van der Waals surface area contributed by atoms with Crippen LogP contribution in [0, 0.1) is 5.41 Å². The Morgan fingerprint density at radius 3 is 2.31 bits per heavy atom. The lowest BCUT2D eigenvalue weighted by molar-refractivity contribution is 0.354. The predicted octanol–water partition coefficient (Wildman–Crippen LogP) is 1.74. The fourth-order valence-corrected chi connectivity index (χ4v) is 2.64. The van der Waals surface area contributed by atoms with E-state index in [0.717, 1.165) is 11.8 Å². The Bertz CT molecular complexity index is 237. The summed E-state index contributed by atoms with van der Waals surface area (Å²) in [5.74, 6) is 0.150. The number of nitrogens with one attached hydrogen (secondary N) is 1. The molecule has 1 N–H and O–H groups in total. The Labute approximate surface area is 89.5 Å². The van der Waals surface area contributed by atoms with Crippen molar-refractivity contribution in [2.24, 2.45) is 5.41 Å². The highest BCUT2D eigenvalue weighted by molar-refractivity contribution is 9.09. The van der Waals surface area contributed by atoms with Gasteiger partial charge in [0.05, 0.1) is 5.75 Å². The second-order valence-corrected chi connectivity index (χ2v) is 6.72. The molecule has 0 saturated carbocycles. The van der Waals surface area contributed by atoms with Gasteiger partial charge in [0.15, 0.2) is 0 Å². The van der Waals surface area contributed by atoms with E-state index in [-0.39, 0.29) is 11.2 Å². The Kier molecular flexibility index (Phi) is 5.47. The van der Waals surface area contributed by atoms with Gasteiger partial charge in [0.25, 0.3) is 0 Å². The summed E-state index contributed by atoms with van der Waals surface area (Å²) in [5, 5.41) is 0.897. The maximum Gasteiger partial charge on any atom is 0.211 e. The highest BCUT2D eigenvalue weighted by atomic mass is 79.9. The summed E-state index contributed by atoms with van der Waals surface area (Å²) < 4.78 is 24.8. The van der Waals surface area contributed by atoms with Crippen molar-refractivity contribution in [3.63, 3.8) is 0 Å². The molecule has 0 aromatic heterocycles. The van der Waals surface area contributed by atoms with E-state index in [2.05, 4.69) is 20.7 Å². The molecule has 0 saturated heterocycles. The first-order valence-electron chi connectivity index (χ1n) is 4.36. The monoisotopic (exact) mass is 271 g/mol. The first-order chi connectivity index (χ1) is 5.83. The van der Waals surface area contributed by atoms with Gasteiger partial charge in [-0.3, -0.25) is 0 Å². The van der Waals surface area contributed by atoms with E-state index in [9.17, 15) is 8.42 Å². The quantitative estimate of drug-likeness (QED) is 0.749. The summed E-state index contributed by atoms with van der Waals surface area (Å²) in [6.45, 7) is 6.24. The third-order valence-corrected chi connectivity index (χ3v) is 3.66. The first-order valence-corrected chi connectivity index (χ1v) is 7.13. The van der Waals surface area contributed by atoms with Gasteiger partial charge in [-0.25, -0.2) is 13.1 Å². The summed E-state index contributed by atoms with van der Waals surface area (Å²) >= 11 is 3.35. The van der Waals surface area contributed by atoms with Crippen molar-refractivity contribution in [1.29, 1.82) is 0 Å². The molecule has 0 rings (SSSR count). The highest BCUT2D eigenvalue weighted by Gasteiger charge is 2.19. The molecule has 0 fully saturated rings. The zero-order valence-electron chi connectivity index (χ0n) is 8.43. The molecule has 80 valence electrons. The van der Waals surface area contributed by atoms with Crippen molar-refractivity contribution in [1.82, 2.24) is 4.72 Å². The van der Waals surface area contributed by atoms with Crippen LogP contribution in [-0.4, -0.2) is 26.0 Å². The summed E-state index contributed by atoms with van der Waals surface area (Å²) in [4.78, 5) is 0. The molecule has 0 aromatic rings. The number of alkyl halides is 1. The van der Waals surface area contributed by atoms with E-state index in [4.69, 9.17) is 0 Å². The largest absolute Gasteiger partial charge is 0.215 e. The molecule has 5 heteroatoms. The van der Waals surface area contributed by atoms with Crippen LogP contribution in [0.15, 0.2) is 0 Å². The van der Waals surface area contributed by atoms with Crippen LogP contribution >= 0.6 is 15.9 Å². The van der Waals surface area contributed by atoms with Crippen LogP contribution in [0.2, 0.25) is 0 Å². The van der Waals surface area contributed by atoms with Crippen molar-refractivity contribution in [2.45, 2.75) is 27.2 Å². The lowest BCUT2D eigenvalue weighted by atomic mass is 9.91. The minimum absolute atomic E-state index is 0.0196. The third kappa shape index (κ3) is 6.46. The number of hydrogen-bond donors (Lipinski definition) is 1. The molecule has 0 aliphatic carbocycles. The van der Waals surface area contributed by atoms with Crippen molar-refractivity contribution in [3.05, 3.63) is 0 Å². The Hall–Kier alpha value is 0.390. The van der Waals surface area contributed by atoms with Crippen LogP contribution in [-0.2, 0) is 10.0 Å². The van der Waals surface area contributed by atoms with Crippen LogP contribution in [0.3, 0.4) is 0 Å². The number of hydrogen-bond acceptors (Lipinski definition) is 2. The summed E-state index contributed by atoms with van der Waals surface area (Å²) in [7, 11) is -3.04. The second-order valence-electron chi connectivity index (χ2n) is 3.83. The fraction of sp³-hybridized carbons (Fsp3) is 1.00. The molecule has 0 aliphatic rings. The number of rotatable bonds is 6.